The average Bonchev–Trinajstić information content (AvgIpc) is 2.15. The fourth-order valence-corrected chi connectivity index (χ4v) is 1.79. The molecule has 2 N–H and O–H groups in total. The third kappa shape index (κ3) is 4.91. The van der Waals surface area contributed by atoms with Crippen molar-refractivity contribution in [1.29, 1.82) is 0 Å². The lowest BCUT2D eigenvalue weighted by atomic mass is 10.3. The van der Waals surface area contributed by atoms with E-state index >= 15 is 0 Å². The first-order chi connectivity index (χ1) is 6.68. The van der Waals surface area contributed by atoms with Gasteiger partial charge in [-0.15, -0.1) is 0 Å². The largest absolute Gasteiger partial charge is 0.392 e. The minimum atomic E-state index is -0.219. The molecular formula is C10H23N3O. The molecule has 0 radical (unpaired) electrons. The summed E-state index contributed by atoms with van der Waals surface area (Å²) >= 11 is 0. The van der Waals surface area contributed by atoms with Crippen molar-refractivity contribution in [3.63, 3.8) is 0 Å². The van der Waals surface area contributed by atoms with Gasteiger partial charge >= 0.3 is 0 Å². The van der Waals surface area contributed by atoms with E-state index in [2.05, 4.69) is 22.2 Å². The first-order valence-electron chi connectivity index (χ1n) is 5.48. The topological polar surface area (TPSA) is 38.7 Å². The summed E-state index contributed by atoms with van der Waals surface area (Å²) in [7, 11) is 2.06. The standard InChI is InChI=1S/C10H23N3O/c1-10(14)9-12(2)7-8-13-5-3-11-4-6-13/h10-11,14H,3-9H2,1-2H3/t10-/m0/s1. The van der Waals surface area contributed by atoms with Crippen LogP contribution in [-0.4, -0.2) is 73.9 Å². The Bertz CT molecular complexity index is 146. The predicted octanol–water partition coefficient (Wildman–Crippen LogP) is -0.796. The smallest absolute Gasteiger partial charge is 0.0638 e. The number of rotatable bonds is 5. The number of hydrogen-bond donors (Lipinski definition) is 2. The summed E-state index contributed by atoms with van der Waals surface area (Å²) in [5, 5.41) is 12.5. The number of piperazine rings is 1. The maximum Gasteiger partial charge on any atom is 0.0638 e. The maximum atomic E-state index is 9.19. The van der Waals surface area contributed by atoms with Gasteiger partial charge in [-0.1, -0.05) is 0 Å². The molecule has 1 fully saturated rings. The molecule has 0 spiro atoms. The number of nitrogens with zero attached hydrogens (tertiary/aromatic N) is 2. The summed E-state index contributed by atoms with van der Waals surface area (Å²) in [6.45, 7) is 9.30. The van der Waals surface area contributed by atoms with Gasteiger partial charge in [0.1, 0.15) is 0 Å². The second-order valence-corrected chi connectivity index (χ2v) is 4.20. The molecule has 1 aliphatic heterocycles. The lowest BCUT2D eigenvalue weighted by molar-refractivity contribution is 0.129. The Morgan fingerprint density at radius 1 is 1.43 bits per heavy atom. The molecule has 4 heteroatoms. The van der Waals surface area contributed by atoms with Gasteiger partial charge in [0.2, 0.25) is 0 Å². The molecule has 1 atom stereocenters. The van der Waals surface area contributed by atoms with Crippen molar-refractivity contribution in [3.8, 4) is 0 Å². The number of likely N-dealkylation sites (N-methyl/N-ethyl adjacent to an activating group) is 1. The van der Waals surface area contributed by atoms with Crippen molar-refractivity contribution < 1.29 is 5.11 Å². The highest BCUT2D eigenvalue weighted by Gasteiger charge is 2.10. The lowest BCUT2D eigenvalue weighted by Crippen LogP contribution is -2.46. The second kappa shape index (κ2) is 6.35. The molecule has 1 heterocycles. The third-order valence-electron chi connectivity index (χ3n) is 2.58. The SMILES string of the molecule is C[C@H](O)CN(C)CCN1CCNCC1. The Kier molecular flexibility index (Phi) is 5.40. The van der Waals surface area contributed by atoms with Gasteiger partial charge in [-0.3, -0.25) is 4.90 Å². The third-order valence-corrected chi connectivity index (χ3v) is 2.58. The quantitative estimate of drug-likeness (QED) is 0.611. The minimum Gasteiger partial charge on any atom is -0.392 e. The van der Waals surface area contributed by atoms with E-state index in [0.29, 0.717) is 0 Å². The van der Waals surface area contributed by atoms with Crippen molar-refractivity contribution in [2.75, 3.05) is 52.9 Å². The van der Waals surface area contributed by atoms with Crippen LogP contribution >= 0.6 is 0 Å². The summed E-state index contributed by atoms with van der Waals surface area (Å²) in [5.74, 6) is 0. The van der Waals surface area contributed by atoms with Crippen LogP contribution in [0.15, 0.2) is 0 Å². The number of aliphatic hydroxyl groups is 1. The van der Waals surface area contributed by atoms with E-state index in [-0.39, 0.29) is 6.10 Å². The summed E-state index contributed by atoms with van der Waals surface area (Å²) in [6.07, 6.45) is -0.219. The van der Waals surface area contributed by atoms with E-state index in [1.54, 1.807) is 0 Å². The maximum absolute atomic E-state index is 9.19. The predicted molar refractivity (Wildman–Crippen MR) is 58.5 cm³/mol. The molecule has 0 aliphatic carbocycles. The fraction of sp³-hybridized carbons (Fsp3) is 1.00. The van der Waals surface area contributed by atoms with Crippen LogP contribution in [0.4, 0.5) is 0 Å². The summed E-state index contributed by atoms with van der Waals surface area (Å²) in [6, 6.07) is 0. The van der Waals surface area contributed by atoms with Crippen molar-refractivity contribution in [3.05, 3.63) is 0 Å². The van der Waals surface area contributed by atoms with Gasteiger partial charge < -0.3 is 15.3 Å². The molecule has 0 unspecified atom stereocenters. The number of aliphatic hydroxyl groups excluding tert-OH is 1. The van der Waals surface area contributed by atoms with Gasteiger partial charge in [0.25, 0.3) is 0 Å². The monoisotopic (exact) mass is 201 g/mol. The Balaban J connectivity index is 2.06. The Morgan fingerprint density at radius 2 is 2.07 bits per heavy atom. The molecule has 0 bridgehead atoms. The van der Waals surface area contributed by atoms with Crippen LogP contribution in [0, 0.1) is 0 Å². The first kappa shape index (κ1) is 11.9. The molecule has 1 saturated heterocycles. The molecule has 1 aliphatic rings. The van der Waals surface area contributed by atoms with Crippen molar-refractivity contribution in [2.45, 2.75) is 13.0 Å². The van der Waals surface area contributed by atoms with Crippen molar-refractivity contribution >= 4 is 0 Å². The van der Waals surface area contributed by atoms with E-state index in [1.165, 1.54) is 0 Å². The molecule has 1 rings (SSSR count). The Labute approximate surface area is 86.9 Å². The minimum absolute atomic E-state index is 0.219. The van der Waals surface area contributed by atoms with Gasteiger partial charge in [0.05, 0.1) is 6.10 Å². The zero-order valence-corrected chi connectivity index (χ0v) is 9.37. The molecule has 0 aromatic carbocycles. The zero-order valence-electron chi connectivity index (χ0n) is 9.37. The van der Waals surface area contributed by atoms with Gasteiger partial charge in [0.15, 0.2) is 0 Å². The van der Waals surface area contributed by atoms with E-state index in [9.17, 15) is 5.11 Å². The molecule has 4 nitrogen and oxygen atoms in total. The molecule has 84 valence electrons. The van der Waals surface area contributed by atoms with Crippen LogP contribution in [0.25, 0.3) is 0 Å². The molecule has 0 aromatic heterocycles. The van der Waals surface area contributed by atoms with Crippen LogP contribution in [0.5, 0.6) is 0 Å². The molecule has 0 saturated carbocycles. The zero-order chi connectivity index (χ0) is 10.4. The number of hydrogen-bond acceptors (Lipinski definition) is 4. The Morgan fingerprint density at radius 3 is 2.64 bits per heavy atom. The summed E-state index contributed by atoms with van der Waals surface area (Å²) < 4.78 is 0. The van der Waals surface area contributed by atoms with Crippen LogP contribution in [-0.2, 0) is 0 Å². The van der Waals surface area contributed by atoms with Crippen molar-refractivity contribution in [1.82, 2.24) is 15.1 Å². The molecule has 0 aromatic rings. The fourth-order valence-electron chi connectivity index (χ4n) is 1.79. The molecule has 14 heavy (non-hydrogen) atoms. The van der Waals surface area contributed by atoms with Gasteiger partial charge in [-0.05, 0) is 14.0 Å². The van der Waals surface area contributed by atoms with E-state index < -0.39 is 0 Å². The normalized spacial score (nSPS) is 21.4. The highest BCUT2D eigenvalue weighted by molar-refractivity contribution is 4.69. The van der Waals surface area contributed by atoms with Crippen LogP contribution in [0.1, 0.15) is 6.92 Å². The van der Waals surface area contributed by atoms with Gasteiger partial charge in [0, 0.05) is 45.8 Å². The van der Waals surface area contributed by atoms with Gasteiger partial charge in [-0.25, -0.2) is 0 Å². The highest BCUT2D eigenvalue weighted by Crippen LogP contribution is 1.94. The lowest BCUT2D eigenvalue weighted by Gasteiger charge is -2.29. The Hall–Kier alpha value is -0.160. The average molecular weight is 201 g/mol. The molecular weight excluding hydrogens is 178 g/mol. The summed E-state index contributed by atoms with van der Waals surface area (Å²) in [5.41, 5.74) is 0. The summed E-state index contributed by atoms with van der Waals surface area (Å²) in [4.78, 5) is 4.65. The highest BCUT2D eigenvalue weighted by atomic mass is 16.3. The number of nitrogens with one attached hydrogen (secondary N) is 1. The van der Waals surface area contributed by atoms with E-state index in [4.69, 9.17) is 0 Å². The van der Waals surface area contributed by atoms with Gasteiger partial charge in [-0.2, -0.15) is 0 Å². The van der Waals surface area contributed by atoms with Crippen LogP contribution in [0.2, 0.25) is 0 Å². The van der Waals surface area contributed by atoms with Crippen LogP contribution < -0.4 is 5.32 Å². The van der Waals surface area contributed by atoms with Crippen molar-refractivity contribution in [2.24, 2.45) is 0 Å². The first-order valence-corrected chi connectivity index (χ1v) is 5.48. The van der Waals surface area contributed by atoms with E-state index in [0.717, 1.165) is 45.8 Å². The second-order valence-electron chi connectivity index (χ2n) is 4.20. The van der Waals surface area contributed by atoms with Crippen LogP contribution in [0.3, 0.4) is 0 Å². The molecule has 0 amide bonds. The van der Waals surface area contributed by atoms with E-state index in [1.807, 2.05) is 6.92 Å².